The van der Waals surface area contributed by atoms with E-state index in [1.165, 1.54) is 6.07 Å². The Morgan fingerprint density at radius 2 is 1.73 bits per heavy atom. The Morgan fingerprint density at radius 3 is 2.45 bits per heavy atom. The lowest BCUT2D eigenvalue weighted by Crippen LogP contribution is -2.32. The highest BCUT2D eigenvalue weighted by molar-refractivity contribution is 5.93. The number of nitrogens with one attached hydrogen (secondary N) is 1. The van der Waals surface area contributed by atoms with Crippen LogP contribution in [0.25, 0.3) is 22.1 Å². The van der Waals surface area contributed by atoms with E-state index in [0.717, 1.165) is 27.8 Å². The summed E-state index contributed by atoms with van der Waals surface area (Å²) in [6.07, 6.45) is -0.804. The van der Waals surface area contributed by atoms with Crippen molar-refractivity contribution in [3.63, 3.8) is 0 Å². The average molecular weight is 445 g/mol. The minimum Gasteiger partial charge on any atom is -0.497 e. The first kappa shape index (κ1) is 22.1. The van der Waals surface area contributed by atoms with Crippen LogP contribution in [0.3, 0.4) is 0 Å². The molecule has 1 aromatic heterocycles. The molecule has 0 radical (unpaired) electrons. The molecule has 0 unspecified atom stereocenters. The van der Waals surface area contributed by atoms with Gasteiger partial charge < -0.3 is 24.3 Å². The number of ether oxygens (including phenoxy) is 2. The molecule has 0 aliphatic heterocycles. The van der Waals surface area contributed by atoms with E-state index in [9.17, 15) is 14.7 Å². The molecular weight excluding hydrogens is 422 g/mol. The standard InChI is InChI=1S/C26H23NO6/c1-31-19-9-7-17(8-10-19)22-14-26(30)33-24-13-20(11-12-21(22)24)32-16-25(29)27-15-23(28)18-5-3-2-4-6-18/h2-14,23,28H,15-16H2,1H3,(H,27,29)/t23-/m1/s1. The lowest BCUT2D eigenvalue weighted by atomic mass is 10.0. The molecule has 3 aromatic carbocycles. The number of aliphatic hydroxyl groups excluding tert-OH is 1. The molecule has 0 aliphatic rings. The Balaban J connectivity index is 1.43. The number of carbonyl (C=O) groups is 1. The van der Waals surface area contributed by atoms with Gasteiger partial charge in [0, 0.05) is 24.1 Å². The maximum atomic E-state index is 12.1. The van der Waals surface area contributed by atoms with Gasteiger partial charge >= 0.3 is 5.63 Å². The fraction of sp³-hybridized carbons (Fsp3) is 0.154. The van der Waals surface area contributed by atoms with Crippen molar-refractivity contribution in [2.45, 2.75) is 6.10 Å². The molecule has 1 atom stereocenters. The monoisotopic (exact) mass is 445 g/mol. The summed E-state index contributed by atoms with van der Waals surface area (Å²) >= 11 is 0. The number of hydrogen-bond acceptors (Lipinski definition) is 6. The maximum absolute atomic E-state index is 12.1. The van der Waals surface area contributed by atoms with Crippen LogP contribution in [0.4, 0.5) is 0 Å². The lowest BCUT2D eigenvalue weighted by Gasteiger charge is -2.13. The Labute approximate surface area is 190 Å². The number of aliphatic hydroxyl groups is 1. The van der Waals surface area contributed by atoms with Crippen LogP contribution in [0.2, 0.25) is 0 Å². The van der Waals surface area contributed by atoms with Gasteiger partial charge in [-0.3, -0.25) is 4.79 Å². The van der Waals surface area contributed by atoms with Gasteiger partial charge in [0.05, 0.1) is 13.2 Å². The summed E-state index contributed by atoms with van der Waals surface area (Å²) in [4.78, 5) is 24.3. The van der Waals surface area contributed by atoms with Gasteiger partial charge in [0.2, 0.25) is 0 Å². The van der Waals surface area contributed by atoms with Gasteiger partial charge in [-0.05, 0) is 41.0 Å². The summed E-state index contributed by atoms with van der Waals surface area (Å²) < 4.78 is 16.1. The number of methoxy groups -OCH3 is 1. The van der Waals surface area contributed by atoms with Gasteiger partial charge in [-0.1, -0.05) is 42.5 Å². The van der Waals surface area contributed by atoms with Crippen molar-refractivity contribution in [1.29, 1.82) is 0 Å². The number of benzene rings is 3. The third-order valence-corrected chi connectivity index (χ3v) is 5.16. The second-order valence-corrected chi connectivity index (χ2v) is 7.38. The normalized spacial score (nSPS) is 11.7. The number of hydrogen-bond donors (Lipinski definition) is 2. The Bertz CT molecular complexity index is 1300. The molecule has 0 fully saturated rings. The predicted octanol–water partition coefficient (Wildman–Crippen LogP) is 3.70. The van der Waals surface area contributed by atoms with Crippen molar-refractivity contribution < 1.29 is 23.8 Å². The van der Waals surface area contributed by atoms with Gasteiger partial charge in [0.15, 0.2) is 6.61 Å². The zero-order valence-electron chi connectivity index (χ0n) is 18.0. The first-order chi connectivity index (χ1) is 16.0. The molecule has 168 valence electrons. The van der Waals surface area contributed by atoms with E-state index in [4.69, 9.17) is 13.9 Å². The first-order valence-corrected chi connectivity index (χ1v) is 10.4. The maximum Gasteiger partial charge on any atom is 0.336 e. The molecule has 7 heteroatoms. The summed E-state index contributed by atoms with van der Waals surface area (Å²) in [6.45, 7) is -0.167. The first-order valence-electron chi connectivity index (χ1n) is 10.4. The quantitative estimate of drug-likeness (QED) is 0.402. The Hall–Kier alpha value is -4.10. The van der Waals surface area contributed by atoms with Crippen LogP contribution >= 0.6 is 0 Å². The van der Waals surface area contributed by atoms with E-state index in [1.54, 1.807) is 37.4 Å². The molecule has 0 saturated heterocycles. The van der Waals surface area contributed by atoms with Gasteiger partial charge in [-0.2, -0.15) is 0 Å². The fourth-order valence-corrected chi connectivity index (χ4v) is 3.45. The lowest BCUT2D eigenvalue weighted by molar-refractivity contribution is -0.123. The molecule has 1 amide bonds. The van der Waals surface area contributed by atoms with Crippen molar-refractivity contribution in [3.8, 4) is 22.6 Å². The smallest absolute Gasteiger partial charge is 0.336 e. The van der Waals surface area contributed by atoms with Crippen molar-refractivity contribution in [2.24, 2.45) is 0 Å². The second kappa shape index (κ2) is 10.0. The molecule has 0 aliphatic carbocycles. The zero-order chi connectivity index (χ0) is 23.2. The Morgan fingerprint density at radius 1 is 1.00 bits per heavy atom. The number of fused-ring (bicyclic) bond motifs is 1. The minimum atomic E-state index is -0.804. The predicted molar refractivity (Wildman–Crippen MR) is 124 cm³/mol. The highest BCUT2D eigenvalue weighted by Gasteiger charge is 2.12. The summed E-state index contributed by atoms with van der Waals surface area (Å²) in [5.74, 6) is 0.728. The molecule has 33 heavy (non-hydrogen) atoms. The highest BCUT2D eigenvalue weighted by atomic mass is 16.5. The number of amides is 1. The molecule has 4 rings (SSSR count). The third kappa shape index (κ3) is 5.39. The average Bonchev–Trinajstić information content (AvgIpc) is 2.85. The summed E-state index contributed by atoms with van der Waals surface area (Å²) in [6, 6.07) is 23.0. The Kier molecular flexibility index (Phi) is 6.71. The van der Waals surface area contributed by atoms with Crippen LogP contribution in [0.5, 0.6) is 11.5 Å². The highest BCUT2D eigenvalue weighted by Crippen LogP contribution is 2.30. The van der Waals surface area contributed by atoms with Crippen LogP contribution in [-0.2, 0) is 4.79 Å². The third-order valence-electron chi connectivity index (χ3n) is 5.16. The van der Waals surface area contributed by atoms with Crippen LogP contribution in [-0.4, -0.2) is 31.3 Å². The summed E-state index contributed by atoms with van der Waals surface area (Å²) in [5.41, 5.74) is 2.15. The van der Waals surface area contributed by atoms with Crippen molar-refractivity contribution in [1.82, 2.24) is 5.32 Å². The van der Waals surface area contributed by atoms with E-state index >= 15 is 0 Å². The van der Waals surface area contributed by atoms with E-state index in [-0.39, 0.29) is 19.1 Å². The van der Waals surface area contributed by atoms with Crippen molar-refractivity contribution >= 4 is 16.9 Å². The number of carbonyl (C=O) groups excluding carboxylic acids is 1. The fourth-order valence-electron chi connectivity index (χ4n) is 3.45. The van der Waals surface area contributed by atoms with Gasteiger partial charge in [0.25, 0.3) is 5.91 Å². The van der Waals surface area contributed by atoms with E-state index in [0.29, 0.717) is 11.3 Å². The summed E-state index contributed by atoms with van der Waals surface area (Å²) in [7, 11) is 1.59. The van der Waals surface area contributed by atoms with E-state index in [2.05, 4.69) is 5.32 Å². The molecule has 0 bridgehead atoms. The minimum absolute atomic E-state index is 0.0734. The molecule has 0 spiro atoms. The van der Waals surface area contributed by atoms with Crippen molar-refractivity contribution in [3.05, 3.63) is 94.8 Å². The van der Waals surface area contributed by atoms with Crippen LogP contribution in [0.1, 0.15) is 11.7 Å². The van der Waals surface area contributed by atoms with Gasteiger partial charge in [0.1, 0.15) is 17.1 Å². The molecule has 2 N–H and O–H groups in total. The second-order valence-electron chi connectivity index (χ2n) is 7.38. The summed E-state index contributed by atoms with van der Waals surface area (Å²) in [5, 5.41) is 13.5. The molecule has 0 saturated carbocycles. The van der Waals surface area contributed by atoms with E-state index in [1.807, 2.05) is 42.5 Å². The van der Waals surface area contributed by atoms with Crippen LogP contribution < -0.4 is 20.4 Å². The van der Waals surface area contributed by atoms with Gasteiger partial charge in [-0.25, -0.2) is 4.79 Å². The molecule has 4 aromatic rings. The largest absolute Gasteiger partial charge is 0.497 e. The van der Waals surface area contributed by atoms with Crippen molar-refractivity contribution in [2.75, 3.05) is 20.3 Å². The van der Waals surface area contributed by atoms with Crippen LogP contribution in [0.15, 0.2) is 88.1 Å². The SMILES string of the molecule is COc1ccc(-c2cc(=O)oc3cc(OCC(=O)NC[C@@H](O)c4ccccc4)ccc23)cc1. The molecule has 1 heterocycles. The zero-order valence-corrected chi connectivity index (χ0v) is 18.0. The molecular formula is C26H23NO6. The molecule has 7 nitrogen and oxygen atoms in total. The number of rotatable bonds is 8. The topological polar surface area (TPSA) is 98.0 Å². The van der Waals surface area contributed by atoms with E-state index < -0.39 is 11.7 Å². The van der Waals surface area contributed by atoms with Crippen LogP contribution in [0, 0.1) is 0 Å². The van der Waals surface area contributed by atoms with Gasteiger partial charge in [-0.15, -0.1) is 0 Å².